The number of aromatic amines is 1. The molecule has 162 valence electrons. The summed E-state index contributed by atoms with van der Waals surface area (Å²) in [4.78, 5) is 43.5. The molecule has 2 aromatic carbocycles. The average Bonchev–Trinajstić information content (AvgIpc) is 3.16. The predicted octanol–water partition coefficient (Wildman–Crippen LogP) is 2.46. The van der Waals surface area contributed by atoms with Crippen molar-refractivity contribution in [2.45, 2.75) is 12.8 Å². The van der Waals surface area contributed by atoms with Crippen LogP contribution in [0, 0.1) is 0 Å². The van der Waals surface area contributed by atoms with Crippen molar-refractivity contribution in [3.63, 3.8) is 0 Å². The lowest BCUT2D eigenvalue weighted by molar-refractivity contribution is -0.125. The van der Waals surface area contributed by atoms with Crippen LogP contribution in [-0.4, -0.2) is 47.3 Å². The summed E-state index contributed by atoms with van der Waals surface area (Å²) in [6, 6.07) is 12.2. The second kappa shape index (κ2) is 10.8. The highest BCUT2D eigenvalue weighted by Crippen LogP contribution is 2.20. The highest BCUT2D eigenvalue weighted by Gasteiger charge is 2.12. The van der Waals surface area contributed by atoms with E-state index in [0.29, 0.717) is 24.4 Å². The predicted molar refractivity (Wildman–Crippen MR) is 119 cm³/mol. The lowest BCUT2D eigenvalue weighted by atomic mass is 10.2. The van der Waals surface area contributed by atoms with Crippen LogP contribution < -0.4 is 16.0 Å². The number of aryl methyl sites for hydroxylation is 1. The molecule has 0 bridgehead atoms. The van der Waals surface area contributed by atoms with E-state index in [4.69, 9.17) is 23.2 Å². The number of carbonyl (C=O) groups excluding carboxylic acids is 3. The molecule has 0 aliphatic carbocycles. The standard InChI is InChI=1S/C21H21Cl2N5O3/c22-13-7-8-14(15(23)10-13)21(31)26-12-20(30)25-11-19(29)24-9-3-6-18-27-16-4-1-2-5-17(16)28-18/h1-2,4-5,7-8,10H,3,6,9,11-12H2,(H,24,29)(H,25,30)(H,26,31)(H,27,28). The maximum absolute atomic E-state index is 12.1. The Hall–Kier alpha value is -3.10. The molecular formula is C21H21Cl2N5O3. The molecule has 3 amide bonds. The number of carbonyl (C=O) groups is 3. The summed E-state index contributed by atoms with van der Waals surface area (Å²) >= 11 is 11.7. The number of para-hydroxylation sites is 2. The molecule has 3 aromatic rings. The highest BCUT2D eigenvalue weighted by atomic mass is 35.5. The minimum Gasteiger partial charge on any atom is -0.355 e. The zero-order valence-electron chi connectivity index (χ0n) is 16.5. The van der Waals surface area contributed by atoms with E-state index in [9.17, 15) is 14.4 Å². The van der Waals surface area contributed by atoms with E-state index in [1.165, 1.54) is 18.2 Å². The Balaban J connectivity index is 1.30. The molecular weight excluding hydrogens is 441 g/mol. The van der Waals surface area contributed by atoms with E-state index in [1.54, 1.807) is 0 Å². The summed E-state index contributed by atoms with van der Waals surface area (Å²) in [5, 5.41) is 8.22. The smallest absolute Gasteiger partial charge is 0.253 e. The fourth-order valence-electron chi connectivity index (χ4n) is 2.84. The zero-order valence-corrected chi connectivity index (χ0v) is 18.0. The van der Waals surface area contributed by atoms with Crippen LogP contribution in [0.25, 0.3) is 11.0 Å². The number of benzene rings is 2. The number of amides is 3. The molecule has 0 atom stereocenters. The van der Waals surface area contributed by atoms with Crippen LogP contribution in [-0.2, 0) is 16.0 Å². The van der Waals surface area contributed by atoms with Crippen LogP contribution in [0.1, 0.15) is 22.6 Å². The number of aromatic nitrogens is 2. The number of rotatable bonds is 9. The van der Waals surface area contributed by atoms with Crippen LogP contribution in [0.15, 0.2) is 42.5 Å². The fraction of sp³-hybridized carbons (Fsp3) is 0.238. The minimum atomic E-state index is -0.508. The van der Waals surface area contributed by atoms with Crippen molar-refractivity contribution in [1.29, 1.82) is 0 Å². The number of H-pyrrole nitrogens is 1. The van der Waals surface area contributed by atoms with Crippen molar-refractivity contribution in [2.24, 2.45) is 0 Å². The van der Waals surface area contributed by atoms with Gasteiger partial charge in [-0.3, -0.25) is 14.4 Å². The van der Waals surface area contributed by atoms with E-state index in [2.05, 4.69) is 25.9 Å². The van der Waals surface area contributed by atoms with Crippen LogP contribution >= 0.6 is 23.2 Å². The van der Waals surface area contributed by atoms with E-state index in [0.717, 1.165) is 16.9 Å². The Labute approximate surface area is 188 Å². The van der Waals surface area contributed by atoms with Gasteiger partial charge < -0.3 is 20.9 Å². The van der Waals surface area contributed by atoms with Crippen molar-refractivity contribution in [1.82, 2.24) is 25.9 Å². The van der Waals surface area contributed by atoms with Crippen LogP contribution in [0.3, 0.4) is 0 Å². The van der Waals surface area contributed by atoms with Gasteiger partial charge in [-0.05, 0) is 36.8 Å². The number of fused-ring (bicyclic) bond motifs is 1. The monoisotopic (exact) mass is 461 g/mol. The molecule has 0 radical (unpaired) electrons. The maximum Gasteiger partial charge on any atom is 0.253 e. The average molecular weight is 462 g/mol. The molecule has 3 rings (SSSR count). The molecule has 1 aromatic heterocycles. The molecule has 8 nitrogen and oxygen atoms in total. The van der Waals surface area contributed by atoms with Gasteiger partial charge in [0.15, 0.2) is 0 Å². The number of halogens is 2. The fourth-order valence-corrected chi connectivity index (χ4v) is 3.34. The largest absolute Gasteiger partial charge is 0.355 e. The maximum atomic E-state index is 12.1. The molecule has 0 spiro atoms. The number of hydrogen-bond donors (Lipinski definition) is 4. The summed E-state index contributed by atoms with van der Waals surface area (Å²) in [6.07, 6.45) is 1.40. The van der Waals surface area contributed by atoms with Crippen molar-refractivity contribution in [2.75, 3.05) is 19.6 Å². The highest BCUT2D eigenvalue weighted by molar-refractivity contribution is 6.36. The normalized spacial score (nSPS) is 10.6. The van der Waals surface area contributed by atoms with Crippen LogP contribution in [0.5, 0.6) is 0 Å². The Morgan fingerprint density at radius 3 is 2.45 bits per heavy atom. The Bertz CT molecular complexity index is 1070. The van der Waals surface area contributed by atoms with Gasteiger partial charge >= 0.3 is 0 Å². The lowest BCUT2D eigenvalue weighted by Crippen LogP contribution is -2.42. The van der Waals surface area contributed by atoms with Gasteiger partial charge in [0.1, 0.15) is 5.82 Å². The summed E-state index contributed by atoms with van der Waals surface area (Å²) in [5.41, 5.74) is 2.10. The molecule has 4 N–H and O–H groups in total. The van der Waals surface area contributed by atoms with E-state index in [-0.39, 0.29) is 29.6 Å². The molecule has 0 fully saturated rings. The topological polar surface area (TPSA) is 116 Å². The Kier molecular flexibility index (Phi) is 7.86. The Morgan fingerprint density at radius 2 is 1.68 bits per heavy atom. The molecule has 0 aliphatic heterocycles. The third kappa shape index (κ3) is 6.70. The minimum absolute atomic E-state index is 0.180. The summed E-state index contributed by atoms with van der Waals surface area (Å²) in [6.45, 7) is -0.00425. The van der Waals surface area contributed by atoms with Gasteiger partial charge in [-0.15, -0.1) is 0 Å². The van der Waals surface area contributed by atoms with E-state index < -0.39 is 11.8 Å². The summed E-state index contributed by atoms with van der Waals surface area (Å²) < 4.78 is 0. The first-order valence-corrected chi connectivity index (χ1v) is 10.4. The van der Waals surface area contributed by atoms with Crippen molar-refractivity contribution >= 4 is 52.0 Å². The van der Waals surface area contributed by atoms with Crippen molar-refractivity contribution in [3.05, 3.63) is 63.9 Å². The number of hydrogen-bond acceptors (Lipinski definition) is 4. The third-order valence-corrected chi connectivity index (χ3v) is 4.93. The van der Waals surface area contributed by atoms with Gasteiger partial charge in [0.2, 0.25) is 11.8 Å². The molecule has 0 aliphatic rings. The molecule has 0 saturated carbocycles. The first-order chi connectivity index (χ1) is 14.9. The number of imidazole rings is 1. The summed E-state index contributed by atoms with van der Waals surface area (Å²) in [5.74, 6) is -0.451. The molecule has 1 heterocycles. The molecule has 0 saturated heterocycles. The Morgan fingerprint density at radius 1 is 0.935 bits per heavy atom. The van der Waals surface area contributed by atoms with Gasteiger partial charge in [-0.2, -0.15) is 0 Å². The second-order valence-corrected chi connectivity index (χ2v) is 7.58. The lowest BCUT2D eigenvalue weighted by Gasteiger charge is -2.08. The van der Waals surface area contributed by atoms with Crippen molar-refractivity contribution in [3.8, 4) is 0 Å². The molecule has 0 unspecified atom stereocenters. The van der Waals surface area contributed by atoms with Crippen LogP contribution in [0.2, 0.25) is 10.0 Å². The van der Waals surface area contributed by atoms with Crippen molar-refractivity contribution < 1.29 is 14.4 Å². The van der Waals surface area contributed by atoms with Gasteiger partial charge in [-0.25, -0.2) is 4.98 Å². The van der Waals surface area contributed by atoms with Gasteiger partial charge in [0.05, 0.1) is 34.7 Å². The summed E-state index contributed by atoms with van der Waals surface area (Å²) in [7, 11) is 0. The zero-order chi connectivity index (χ0) is 22.2. The molecule has 31 heavy (non-hydrogen) atoms. The molecule has 10 heteroatoms. The van der Waals surface area contributed by atoms with E-state index in [1.807, 2.05) is 24.3 Å². The number of nitrogens with zero attached hydrogens (tertiary/aromatic N) is 1. The SMILES string of the molecule is O=C(CNC(=O)CNC(=O)c1ccc(Cl)cc1Cl)NCCCc1nc2ccccc2[nH]1. The van der Waals surface area contributed by atoms with Gasteiger partial charge in [0.25, 0.3) is 5.91 Å². The second-order valence-electron chi connectivity index (χ2n) is 6.74. The first-order valence-electron chi connectivity index (χ1n) is 9.62. The van der Waals surface area contributed by atoms with Gasteiger partial charge in [0, 0.05) is 18.0 Å². The first kappa shape index (κ1) is 22.6. The third-order valence-electron chi connectivity index (χ3n) is 4.38. The number of nitrogens with one attached hydrogen (secondary N) is 4. The van der Waals surface area contributed by atoms with E-state index >= 15 is 0 Å². The van der Waals surface area contributed by atoms with Gasteiger partial charge in [-0.1, -0.05) is 35.3 Å². The van der Waals surface area contributed by atoms with Crippen LogP contribution in [0.4, 0.5) is 0 Å². The quantitative estimate of drug-likeness (QED) is 0.366.